The van der Waals surface area contributed by atoms with E-state index in [1.807, 2.05) is 56.3 Å². The van der Waals surface area contributed by atoms with E-state index in [4.69, 9.17) is 4.74 Å². The largest absolute Gasteiger partial charge is 0.481 e. The third kappa shape index (κ3) is 4.35. The van der Waals surface area contributed by atoms with E-state index in [1.54, 1.807) is 6.92 Å². The van der Waals surface area contributed by atoms with E-state index in [1.165, 1.54) is 5.56 Å². The Morgan fingerprint density at radius 2 is 1.65 bits per heavy atom. The van der Waals surface area contributed by atoms with Gasteiger partial charge in [0.05, 0.1) is 0 Å². The molecule has 23 heavy (non-hydrogen) atoms. The number of nitrogens with one attached hydrogen (secondary N) is 1. The summed E-state index contributed by atoms with van der Waals surface area (Å²) >= 11 is 0. The Hall–Kier alpha value is -2.29. The molecule has 0 bridgehead atoms. The second-order valence-electron chi connectivity index (χ2n) is 6.22. The fourth-order valence-electron chi connectivity index (χ4n) is 2.31. The highest BCUT2D eigenvalue weighted by Crippen LogP contribution is 2.21. The molecule has 0 aliphatic heterocycles. The van der Waals surface area contributed by atoms with Gasteiger partial charge in [0.2, 0.25) is 0 Å². The molecule has 0 fully saturated rings. The third-order valence-corrected chi connectivity index (χ3v) is 4.09. The van der Waals surface area contributed by atoms with Crippen LogP contribution in [0, 0.1) is 13.8 Å². The quantitative estimate of drug-likeness (QED) is 0.858. The number of carbonyl (C=O) groups excluding carboxylic acids is 1. The van der Waals surface area contributed by atoms with Gasteiger partial charge in [0, 0.05) is 5.69 Å². The van der Waals surface area contributed by atoms with Gasteiger partial charge in [-0.2, -0.15) is 0 Å². The monoisotopic (exact) mass is 311 g/mol. The van der Waals surface area contributed by atoms with E-state index in [0.29, 0.717) is 11.7 Å². The van der Waals surface area contributed by atoms with E-state index < -0.39 is 6.10 Å². The average Bonchev–Trinajstić information content (AvgIpc) is 2.52. The van der Waals surface area contributed by atoms with Crippen molar-refractivity contribution in [2.24, 2.45) is 0 Å². The summed E-state index contributed by atoms with van der Waals surface area (Å²) < 4.78 is 5.74. The summed E-state index contributed by atoms with van der Waals surface area (Å²) in [4.78, 5) is 12.3. The van der Waals surface area contributed by atoms with Crippen molar-refractivity contribution in [1.82, 2.24) is 0 Å². The maximum Gasteiger partial charge on any atom is 0.265 e. The van der Waals surface area contributed by atoms with Crippen LogP contribution in [0.3, 0.4) is 0 Å². The molecule has 0 radical (unpaired) electrons. The molecule has 3 nitrogen and oxygen atoms in total. The van der Waals surface area contributed by atoms with Gasteiger partial charge in [0.15, 0.2) is 6.10 Å². The highest BCUT2D eigenvalue weighted by atomic mass is 16.5. The number of carbonyl (C=O) groups is 1. The lowest BCUT2D eigenvalue weighted by molar-refractivity contribution is -0.122. The molecule has 0 saturated heterocycles. The van der Waals surface area contributed by atoms with Gasteiger partial charge >= 0.3 is 0 Å². The van der Waals surface area contributed by atoms with Crippen LogP contribution in [0.25, 0.3) is 0 Å². The minimum absolute atomic E-state index is 0.147. The number of hydrogen-bond acceptors (Lipinski definition) is 2. The van der Waals surface area contributed by atoms with Gasteiger partial charge in [0.25, 0.3) is 5.91 Å². The standard InChI is InChI=1S/C20H25NO2/c1-13(2)17-9-11-18(12-10-17)23-16(5)20(22)21-19-8-6-7-14(3)15(19)4/h6-13,16H,1-5H3,(H,21,22). The molecule has 1 N–H and O–H groups in total. The molecule has 0 aliphatic rings. The van der Waals surface area contributed by atoms with Crippen molar-refractivity contribution in [1.29, 1.82) is 0 Å². The lowest BCUT2D eigenvalue weighted by Gasteiger charge is -2.17. The van der Waals surface area contributed by atoms with Crippen molar-refractivity contribution < 1.29 is 9.53 Å². The highest BCUT2D eigenvalue weighted by Gasteiger charge is 2.16. The molecule has 2 aromatic rings. The second-order valence-corrected chi connectivity index (χ2v) is 6.22. The van der Waals surface area contributed by atoms with Crippen LogP contribution >= 0.6 is 0 Å². The van der Waals surface area contributed by atoms with E-state index >= 15 is 0 Å². The van der Waals surface area contributed by atoms with E-state index in [9.17, 15) is 4.79 Å². The first-order chi connectivity index (χ1) is 10.9. The Balaban J connectivity index is 2.01. The number of benzene rings is 2. The first-order valence-electron chi connectivity index (χ1n) is 8.02. The molecule has 1 unspecified atom stereocenters. The Morgan fingerprint density at radius 3 is 2.26 bits per heavy atom. The molecule has 0 spiro atoms. The van der Waals surface area contributed by atoms with Gasteiger partial charge in [-0.05, 0) is 61.6 Å². The number of amides is 1. The van der Waals surface area contributed by atoms with Gasteiger partial charge in [-0.1, -0.05) is 38.1 Å². The Kier molecular flexibility index (Phi) is 5.43. The number of ether oxygens (including phenoxy) is 1. The Labute approximate surface area is 138 Å². The molecule has 0 aliphatic carbocycles. The first-order valence-corrected chi connectivity index (χ1v) is 8.02. The van der Waals surface area contributed by atoms with E-state index in [2.05, 4.69) is 19.2 Å². The van der Waals surface area contributed by atoms with Gasteiger partial charge < -0.3 is 10.1 Å². The predicted molar refractivity (Wildman–Crippen MR) is 95.2 cm³/mol. The predicted octanol–water partition coefficient (Wildman–Crippen LogP) is 4.83. The van der Waals surface area contributed by atoms with Crippen molar-refractivity contribution >= 4 is 11.6 Å². The molecule has 122 valence electrons. The number of rotatable bonds is 5. The van der Waals surface area contributed by atoms with Crippen LogP contribution in [0.1, 0.15) is 43.4 Å². The normalized spacial score (nSPS) is 12.1. The maximum atomic E-state index is 12.3. The summed E-state index contributed by atoms with van der Waals surface area (Å²) in [5, 5.41) is 2.94. The van der Waals surface area contributed by atoms with Crippen LogP contribution in [0.15, 0.2) is 42.5 Å². The Morgan fingerprint density at radius 1 is 1.00 bits per heavy atom. The lowest BCUT2D eigenvalue weighted by atomic mass is 10.0. The van der Waals surface area contributed by atoms with Gasteiger partial charge in [0.1, 0.15) is 5.75 Å². The van der Waals surface area contributed by atoms with Crippen LogP contribution in [-0.4, -0.2) is 12.0 Å². The zero-order valence-corrected chi connectivity index (χ0v) is 14.5. The van der Waals surface area contributed by atoms with Crippen LogP contribution in [0.4, 0.5) is 5.69 Å². The zero-order valence-electron chi connectivity index (χ0n) is 14.5. The van der Waals surface area contributed by atoms with Gasteiger partial charge in [-0.25, -0.2) is 0 Å². The summed E-state index contributed by atoms with van der Waals surface area (Å²) in [6.07, 6.45) is -0.556. The van der Waals surface area contributed by atoms with Crippen molar-refractivity contribution in [2.75, 3.05) is 5.32 Å². The molecule has 3 heteroatoms. The van der Waals surface area contributed by atoms with E-state index in [-0.39, 0.29) is 5.91 Å². The fourth-order valence-corrected chi connectivity index (χ4v) is 2.31. The summed E-state index contributed by atoms with van der Waals surface area (Å²) in [5.74, 6) is 1.04. The van der Waals surface area contributed by atoms with E-state index in [0.717, 1.165) is 16.8 Å². The minimum Gasteiger partial charge on any atom is -0.481 e. The molecule has 0 saturated carbocycles. The van der Waals surface area contributed by atoms with Crippen LogP contribution in [0.5, 0.6) is 5.75 Å². The van der Waals surface area contributed by atoms with Crippen molar-refractivity contribution in [3.05, 3.63) is 59.2 Å². The van der Waals surface area contributed by atoms with Crippen LogP contribution in [-0.2, 0) is 4.79 Å². The summed E-state index contributed by atoms with van der Waals surface area (Å²) in [7, 11) is 0. The average molecular weight is 311 g/mol. The SMILES string of the molecule is Cc1cccc(NC(=O)C(C)Oc2ccc(C(C)C)cc2)c1C. The fraction of sp³-hybridized carbons (Fsp3) is 0.350. The molecular weight excluding hydrogens is 286 g/mol. The van der Waals surface area contributed by atoms with Crippen LogP contribution < -0.4 is 10.1 Å². The Bertz CT molecular complexity index is 675. The maximum absolute atomic E-state index is 12.3. The minimum atomic E-state index is -0.556. The summed E-state index contributed by atoms with van der Waals surface area (Å²) in [6.45, 7) is 10.1. The summed E-state index contributed by atoms with van der Waals surface area (Å²) in [5.41, 5.74) is 4.32. The van der Waals surface area contributed by atoms with Crippen LogP contribution in [0.2, 0.25) is 0 Å². The van der Waals surface area contributed by atoms with Crippen molar-refractivity contribution in [3.63, 3.8) is 0 Å². The molecule has 1 atom stereocenters. The van der Waals surface area contributed by atoms with Crippen molar-refractivity contribution in [3.8, 4) is 5.75 Å². The summed E-state index contributed by atoms with van der Waals surface area (Å²) in [6, 6.07) is 13.8. The van der Waals surface area contributed by atoms with Crippen molar-refractivity contribution in [2.45, 2.75) is 46.6 Å². The number of aryl methyl sites for hydroxylation is 1. The zero-order chi connectivity index (χ0) is 17.0. The smallest absolute Gasteiger partial charge is 0.265 e. The number of anilines is 1. The topological polar surface area (TPSA) is 38.3 Å². The first kappa shape index (κ1) is 17.1. The second kappa shape index (κ2) is 7.32. The molecule has 0 heterocycles. The number of hydrogen-bond donors (Lipinski definition) is 1. The lowest BCUT2D eigenvalue weighted by Crippen LogP contribution is -2.30. The van der Waals surface area contributed by atoms with Gasteiger partial charge in [-0.15, -0.1) is 0 Å². The molecular formula is C20H25NO2. The molecule has 2 aromatic carbocycles. The molecule has 0 aromatic heterocycles. The molecule has 1 amide bonds. The van der Waals surface area contributed by atoms with Gasteiger partial charge in [-0.3, -0.25) is 4.79 Å². The molecule has 2 rings (SSSR count). The third-order valence-electron chi connectivity index (χ3n) is 4.09. The highest BCUT2D eigenvalue weighted by molar-refractivity contribution is 5.94.